The quantitative estimate of drug-likeness (QED) is 0.567. The van der Waals surface area contributed by atoms with Crippen molar-refractivity contribution >= 4 is 28.6 Å². The van der Waals surface area contributed by atoms with E-state index in [9.17, 15) is 14.4 Å². The fourth-order valence-corrected chi connectivity index (χ4v) is 3.28. The van der Waals surface area contributed by atoms with Gasteiger partial charge >= 0.3 is 0 Å². The van der Waals surface area contributed by atoms with Crippen LogP contribution in [0.15, 0.2) is 54.7 Å². The molecule has 0 unspecified atom stereocenters. The lowest BCUT2D eigenvalue weighted by atomic mass is 9.86. The number of rotatable bonds is 4. The number of nitrogens with one attached hydrogen (secondary N) is 3. The summed E-state index contributed by atoms with van der Waals surface area (Å²) in [6.07, 6.45) is 1.71. The van der Waals surface area contributed by atoms with E-state index in [1.807, 2.05) is 48.0 Å². The number of aromatic nitrogens is 1. The fourth-order valence-electron chi connectivity index (χ4n) is 3.28. The first-order valence-electron chi connectivity index (χ1n) is 10.1. The van der Waals surface area contributed by atoms with Crippen molar-refractivity contribution in [3.05, 3.63) is 71.4 Å². The van der Waals surface area contributed by atoms with Crippen molar-refractivity contribution < 1.29 is 14.4 Å². The van der Waals surface area contributed by atoms with E-state index in [-0.39, 0.29) is 11.3 Å². The van der Waals surface area contributed by atoms with Crippen molar-refractivity contribution in [2.24, 2.45) is 7.05 Å². The zero-order chi connectivity index (χ0) is 22.8. The fraction of sp³-hybridized carbons (Fsp3) is 0.292. The molecule has 7 heteroatoms. The molecule has 0 aliphatic heterocycles. The van der Waals surface area contributed by atoms with Crippen molar-refractivity contribution in [1.82, 2.24) is 20.7 Å². The van der Waals surface area contributed by atoms with Gasteiger partial charge in [-0.25, -0.2) is 0 Å². The zero-order valence-corrected chi connectivity index (χ0v) is 18.4. The van der Waals surface area contributed by atoms with Crippen LogP contribution in [0.5, 0.6) is 0 Å². The molecule has 0 spiro atoms. The van der Waals surface area contributed by atoms with Crippen LogP contribution in [0, 0.1) is 0 Å². The highest BCUT2D eigenvalue weighted by molar-refractivity contribution is 6.07. The van der Waals surface area contributed by atoms with Gasteiger partial charge in [0.15, 0.2) is 0 Å². The molecule has 1 aromatic heterocycles. The van der Waals surface area contributed by atoms with Gasteiger partial charge < -0.3 is 9.88 Å². The summed E-state index contributed by atoms with van der Waals surface area (Å²) >= 11 is 0. The van der Waals surface area contributed by atoms with E-state index in [0.717, 1.165) is 16.5 Å². The monoisotopic (exact) mass is 420 g/mol. The number of hydrogen-bond donors (Lipinski definition) is 3. The lowest BCUT2D eigenvalue weighted by Crippen LogP contribution is -2.51. The first-order valence-corrected chi connectivity index (χ1v) is 10.1. The van der Waals surface area contributed by atoms with E-state index in [1.54, 1.807) is 25.3 Å². The van der Waals surface area contributed by atoms with Crippen molar-refractivity contribution in [2.45, 2.75) is 39.2 Å². The minimum absolute atomic E-state index is 0.00945. The van der Waals surface area contributed by atoms with Gasteiger partial charge in [0.1, 0.15) is 6.04 Å². The molecule has 1 atom stereocenters. The highest BCUT2D eigenvalue weighted by Crippen LogP contribution is 2.22. The van der Waals surface area contributed by atoms with Gasteiger partial charge in [0.05, 0.1) is 5.56 Å². The van der Waals surface area contributed by atoms with Crippen molar-refractivity contribution in [1.29, 1.82) is 0 Å². The van der Waals surface area contributed by atoms with Gasteiger partial charge in [-0.2, -0.15) is 0 Å². The second-order valence-electron chi connectivity index (χ2n) is 8.64. The summed E-state index contributed by atoms with van der Waals surface area (Å²) in [5.74, 6) is -1.31. The number of amides is 3. The van der Waals surface area contributed by atoms with Crippen LogP contribution in [0.25, 0.3) is 10.9 Å². The molecule has 0 aliphatic rings. The zero-order valence-electron chi connectivity index (χ0n) is 18.4. The Kier molecular flexibility index (Phi) is 6.15. The summed E-state index contributed by atoms with van der Waals surface area (Å²) in [4.78, 5) is 37.3. The Morgan fingerprint density at radius 2 is 1.55 bits per heavy atom. The molecule has 2 aromatic carbocycles. The molecule has 0 aliphatic carbocycles. The van der Waals surface area contributed by atoms with Crippen LogP contribution >= 0.6 is 0 Å². The molecule has 3 aromatic rings. The maximum Gasteiger partial charge on any atom is 0.271 e. The van der Waals surface area contributed by atoms with Gasteiger partial charge in [0.2, 0.25) is 0 Å². The lowest BCUT2D eigenvalue weighted by molar-refractivity contribution is -0.123. The molecule has 3 N–H and O–H groups in total. The van der Waals surface area contributed by atoms with E-state index in [1.165, 1.54) is 0 Å². The molecule has 7 nitrogen and oxygen atoms in total. The standard InChI is InChI=1S/C24H28N4O3/c1-15(25-22(30)16-10-12-17(13-11-16)24(2,3)4)21(29)26-27-23(31)19-14-28(5)20-9-7-6-8-18(19)20/h6-15H,1-5H3,(H,25,30)(H,26,29)(H,27,31)/t15-/m0/s1. The number of hydrazine groups is 1. The number of aryl methyl sites for hydroxylation is 1. The Hall–Kier alpha value is -3.61. The smallest absolute Gasteiger partial charge is 0.271 e. The number of carbonyl (C=O) groups excluding carboxylic acids is 3. The van der Waals surface area contributed by atoms with Crippen molar-refractivity contribution in [3.63, 3.8) is 0 Å². The van der Waals surface area contributed by atoms with Gasteiger partial charge in [-0.15, -0.1) is 0 Å². The number of para-hydroxylation sites is 1. The second kappa shape index (κ2) is 8.63. The third kappa shape index (κ3) is 4.94. The van der Waals surface area contributed by atoms with E-state index < -0.39 is 17.9 Å². The van der Waals surface area contributed by atoms with Gasteiger partial charge in [0, 0.05) is 29.7 Å². The number of benzene rings is 2. The summed E-state index contributed by atoms with van der Waals surface area (Å²) in [6, 6.07) is 14.0. The van der Waals surface area contributed by atoms with Crippen molar-refractivity contribution in [3.8, 4) is 0 Å². The van der Waals surface area contributed by atoms with Gasteiger partial charge in [-0.3, -0.25) is 25.2 Å². The summed E-state index contributed by atoms with van der Waals surface area (Å²) < 4.78 is 1.85. The molecule has 162 valence electrons. The summed E-state index contributed by atoms with van der Waals surface area (Å²) in [7, 11) is 1.85. The first-order chi connectivity index (χ1) is 14.6. The van der Waals surface area contributed by atoms with Crippen molar-refractivity contribution in [2.75, 3.05) is 0 Å². The van der Waals surface area contributed by atoms with Crippen LogP contribution in [0.1, 0.15) is 54.0 Å². The predicted octanol–water partition coefficient (Wildman–Crippen LogP) is 3.06. The largest absolute Gasteiger partial charge is 0.350 e. The maximum absolute atomic E-state index is 12.5. The van der Waals surface area contributed by atoms with Gasteiger partial charge in [-0.05, 0) is 36.1 Å². The van der Waals surface area contributed by atoms with Gasteiger partial charge in [-0.1, -0.05) is 51.1 Å². The molecular formula is C24H28N4O3. The average Bonchev–Trinajstić information content (AvgIpc) is 3.08. The Morgan fingerprint density at radius 3 is 2.19 bits per heavy atom. The third-order valence-electron chi connectivity index (χ3n) is 5.19. The molecule has 0 saturated heterocycles. The molecule has 3 amide bonds. The van der Waals surface area contributed by atoms with Crippen LogP contribution in [0.4, 0.5) is 0 Å². The first kappa shape index (κ1) is 22.1. The molecule has 31 heavy (non-hydrogen) atoms. The molecule has 1 heterocycles. The average molecular weight is 421 g/mol. The Bertz CT molecular complexity index is 1120. The summed E-state index contributed by atoms with van der Waals surface area (Å²) in [5, 5.41) is 3.43. The van der Waals surface area contributed by atoms with Crippen LogP contribution < -0.4 is 16.2 Å². The molecule has 0 bridgehead atoms. The molecule has 0 fully saturated rings. The van der Waals surface area contributed by atoms with E-state index in [2.05, 4.69) is 36.9 Å². The van der Waals surface area contributed by atoms with E-state index in [4.69, 9.17) is 0 Å². The lowest BCUT2D eigenvalue weighted by Gasteiger charge is -2.19. The topological polar surface area (TPSA) is 92.2 Å². The van der Waals surface area contributed by atoms with Crippen LogP contribution in [-0.4, -0.2) is 28.3 Å². The van der Waals surface area contributed by atoms with Crippen LogP contribution in [0.3, 0.4) is 0 Å². The highest BCUT2D eigenvalue weighted by atomic mass is 16.2. The van der Waals surface area contributed by atoms with Crippen LogP contribution in [0.2, 0.25) is 0 Å². The molecule has 3 rings (SSSR count). The number of hydrogen-bond acceptors (Lipinski definition) is 3. The normalized spacial score (nSPS) is 12.3. The van der Waals surface area contributed by atoms with Crippen LogP contribution in [-0.2, 0) is 17.3 Å². The molecular weight excluding hydrogens is 392 g/mol. The summed E-state index contributed by atoms with van der Waals surface area (Å²) in [6.45, 7) is 7.85. The third-order valence-corrected chi connectivity index (χ3v) is 5.19. The Balaban J connectivity index is 1.58. The minimum Gasteiger partial charge on any atom is -0.350 e. The molecule has 0 saturated carbocycles. The predicted molar refractivity (Wildman–Crippen MR) is 121 cm³/mol. The minimum atomic E-state index is -0.831. The van der Waals surface area contributed by atoms with E-state index >= 15 is 0 Å². The highest BCUT2D eigenvalue weighted by Gasteiger charge is 2.20. The second-order valence-corrected chi connectivity index (χ2v) is 8.64. The molecule has 0 radical (unpaired) electrons. The SMILES string of the molecule is C[C@H](NC(=O)c1ccc(C(C)(C)C)cc1)C(=O)NNC(=O)c1cn(C)c2ccccc12. The number of carbonyl (C=O) groups is 3. The maximum atomic E-state index is 12.5. The van der Waals surface area contributed by atoms with Gasteiger partial charge in [0.25, 0.3) is 17.7 Å². The number of fused-ring (bicyclic) bond motifs is 1. The number of nitrogens with zero attached hydrogens (tertiary/aromatic N) is 1. The Morgan fingerprint density at radius 1 is 0.903 bits per heavy atom. The Labute approximate surface area is 181 Å². The van der Waals surface area contributed by atoms with E-state index in [0.29, 0.717) is 11.1 Å². The summed E-state index contributed by atoms with van der Waals surface area (Å²) in [5.41, 5.74) is 7.74.